The van der Waals surface area contributed by atoms with Crippen molar-refractivity contribution in [2.45, 2.75) is 6.18 Å². The van der Waals surface area contributed by atoms with Crippen LogP contribution in [0.5, 0.6) is 0 Å². The van der Waals surface area contributed by atoms with E-state index in [4.69, 9.17) is 16.1 Å². The molecule has 0 saturated carbocycles. The Morgan fingerprint density at radius 2 is 1.88 bits per heavy atom. The highest BCUT2D eigenvalue weighted by atomic mass is 79.9. The Balaban J connectivity index is 1.79. The van der Waals surface area contributed by atoms with Crippen LogP contribution in [0.4, 0.5) is 13.2 Å². The lowest BCUT2D eigenvalue weighted by Crippen LogP contribution is -2.06. The fraction of sp³-hybridized carbons (Fsp3) is 0.0625. The zero-order valence-electron chi connectivity index (χ0n) is 12.6. The lowest BCUT2D eigenvalue weighted by Gasteiger charge is -2.07. The first-order valence-corrected chi connectivity index (χ1v) is 8.34. The zero-order chi connectivity index (χ0) is 18.5. The van der Waals surface area contributed by atoms with E-state index >= 15 is 0 Å². The van der Waals surface area contributed by atoms with Crippen LogP contribution in [0.3, 0.4) is 0 Å². The van der Waals surface area contributed by atoms with Crippen molar-refractivity contribution in [1.82, 2.24) is 19.5 Å². The van der Waals surface area contributed by atoms with Gasteiger partial charge in [0, 0.05) is 18.0 Å². The number of hydrogen-bond donors (Lipinski definition) is 0. The third-order valence-corrected chi connectivity index (χ3v) is 4.51. The maximum Gasteiger partial charge on any atom is 0.417 e. The molecular formula is C16H7BrClF3N4O. The largest absolute Gasteiger partial charge is 0.417 e. The minimum absolute atomic E-state index is 0.0732. The van der Waals surface area contributed by atoms with Gasteiger partial charge in [-0.3, -0.25) is 0 Å². The molecule has 132 valence electrons. The van der Waals surface area contributed by atoms with Gasteiger partial charge >= 0.3 is 6.18 Å². The first kappa shape index (κ1) is 17.0. The van der Waals surface area contributed by atoms with E-state index in [9.17, 15) is 13.2 Å². The molecule has 1 aromatic carbocycles. The van der Waals surface area contributed by atoms with Gasteiger partial charge in [0.25, 0.3) is 5.89 Å². The van der Waals surface area contributed by atoms with E-state index < -0.39 is 11.7 Å². The molecule has 0 aliphatic rings. The molecule has 3 heterocycles. The number of alkyl halides is 3. The van der Waals surface area contributed by atoms with Gasteiger partial charge in [0.1, 0.15) is 5.69 Å². The van der Waals surface area contributed by atoms with E-state index in [1.165, 1.54) is 10.6 Å². The Bertz CT molecular complexity index is 1120. The smallest absolute Gasteiger partial charge is 0.332 e. The molecule has 4 aromatic rings. The topological polar surface area (TPSA) is 56.2 Å². The molecule has 4 rings (SSSR count). The number of rotatable bonds is 2. The third kappa shape index (κ3) is 2.97. The number of imidazole rings is 1. The fourth-order valence-electron chi connectivity index (χ4n) is 2.39. The number of benzene rings is 1. The van der Waals surface area contributed by atoms with Crippen molar-refractivity contribution in [3.05, 3.63) is 57.8 Å². The highest BCUT2D eigenvalue weighted by molar-refractivity contribution is 9.10. The first-order chi connectivity index (χ1) is 12.3. The Kier molecular flexibility index (Phi) is 4.00. The molecule has 0 fully saturated rings. The molecule has 10 heteroatoms. The summed E-state index contributed by atoms with van der Waals surface area (Å²) in [7, 11) is 0. The van der Waals surface area contributed by atoms with Gasteiger partial charge in [-0.15, -0.1) is 0 Å². The van der Waals surface area contributed by atoms with Crippen LogP contribution in [0, 0.1) is 0 Å². The predicted molar refractivity (Wildman–Crippen MR) is 91.6 cm³/mol. The summed E-state index contributed by atoms with van der Waals surface area (Å²) in [6, 6.07) is 7.93. The second kappa shape index (κ2) is 6.10. The molecule has 0 radical (unpaired) electrons. The molecule has 3 aromatic heterocycles. The molecule has 0 saturated heterocycles. The van der Waals surface area contributed by atoms with Crippen molar-refractivity contribution in [3.8, 4) is 23.0 Å². The average Bonchev–Trinajstić information content (AvgIpc) is 3.21. The Hall–Kier alpha value is -2.39. The van der Waals surface area contributed by atoms with E-state index in [1.54, 1.807) is 24.3 Å². The summed E-state index contributed by atoms with van der Waals surface area (Å²) < 4.78 is 45.5. The quantitative estimate of drug-likeness (QED) is 0.411. The SMILES string of the molecule is FC(F)(F)c1cc(Br)c2nc(-c3nc(-c4ccccc4Cl)no3)cn2c1. The normalized spacial score (nSPS) is 12.0. The molecule has 0 aliphatic carbocycles. The maximum atomic E-state index is 12.9. The number of pyridine rings is 1. The summed E-state index contributed by atoms with van der Waals surface area (Å²) in [6.45, 7) is 0. The van der Waals surface area contributed by atoms with Crippen LogP contribution in [-0.4, -0.2) is 19.5 Å². The minimum atomic E-state index is -4.47. The Morgan fingerprint density at radius 1 is 1.12 bits per heavy atom. The molecule has 0 bridgehead atoms. The van der Waals surface area contributed by atoms with Crippen LogP contribution in [0.15, 0.2) is 51.7 Å². The van der Waals surface area contributed by atoms with Gasteiger partial charge in [-0.05, 0) is 34.1 Å². The number of nitrogens with zero attached hydrogens (tertiary/aromatic N) is 4. The number of hydrogen-bond acceptors (Lipinski definition) is 4. The van der Waals surface area contributed by atoms with Crippen LogP contribution >= 0.6 is 27.5 Å². The van der Waals surface area contributed by atoms with E-state index in [0.717, 1.165) is 12.3 Å². The van der Waals surface area contributed by atoms with Crippen molar-refractivity contribution < 1.29 is 17.7 Å². The molecule has 0 atom stereocenters. The standard InChI is InChI=1S/C16H7BrClF3N4O/c17-10-5-8(16(19,20)21)6-25-7-12(22-14(10)25)15-23-13(24-26-15)9-3-1-2-4-11(9)18/h1-7H. The minimum Gasteiger partial charge on any atom is -0.332 e. The van der Waals surface area contributed by atoms with E-state index in [0.29, 0.717) is 16.2 Å². The molecule has 0 spiro atoms. The van der Waals surface area contributed by atoms with Gasteiger partial charge in [0.2, 0.25) is 5.82 Å². The van der Waals surface area contributed by atoms with Crippen LogP contribution in [-0.2, 0) is 6.18 Å². The highest BCUT2D eigenvalue weighted by Gasteiger charge is 2.32. The molecule has 0 unspecified atom stereocenters. The van der Waals surface area contributed by atoms with Gasteiger partial charge in [-0.25, -0.2) is 4.98 Å². The lowest BCUT2D eigenvalue weighted by atomic mass is 10.2. The molecule has 26 heavy (non-hydrogen) atoms. The summed E-state index contributed by atoms with van der Waals surface area (Å²) in [6.07, 6.45) is -2.13. The monoisotopic (exact) mass is 442 g/mol. The maximum absolute atomic E-state index is 12.9. The molecular weight excluding hydrogens is 437 g/mol. The molecule has 0 N–H and O–H groups in total. The van der Waals surface area contributed by atoms with Gasteiger partial charge in [-0.1, -0.05) is 28.9 Å². The second-order valence-corrected chi connectivity index (χ2v) is 6.60. The summed E-state index contributed by atoms with van der Waals surface area (Å²) in [5.74, 6) is 0.335. The number of halogens is 5. The first-order valence-electron chi connectivity index (χ1n) is 7.17. The van der Waals surface area contributed by atoms with E-state index in [2.05, 4.69) is 31.1 Å². The molecule has 0 amide bonds. The van der Waals surface area contributed by atoms with Crippen molar-refractivity contribution in [1.29, 1.82) is 0 Å². The summed E-state index contributed by atoms with van der Waals surface area (Å²) in [5, 5.41) is 4.31. The van der Waals surface area contributed by atoms with Crippen LogP contribution in [0.1, 0.15) is 5.56 Å². The van der Waals surface area contributed by atoms with Gasteiger partial charge in [0.15, 0.2) is 5.65 Å². The molecule has 5 nitrogen and oxygen atoms in total. The van der Waals surface area contributed by atoms with Gasteiger partial charge in [0.05, 0.1) is 15.1 Å². The summed E-state index contributed by atoms with van der Waals surface area (Å²) in [4.78, 5) is 8.49. The zero-order valence-corrected chi connectivity index (χ0v) is 15.0. The van der Waals surface area contributed by atoms with Crippen molar-refractivity contribution >= 4 is 33.2 Å². The van der Waals surface area contributed by atoms with E-state index in [1.807, 2.05) is 0 Å². The van der Waals surface area contributed by atoms with Gasteiger partial charge in [-0.2, -0.15) is 18.2 Å². The van der Waals surface area contributed by atoms with Crippen LogP contribution < -0.4 is 0 Å². The third-order valence-electron chi connectivity index (χ3n) is 3.59. The Labute approximate surface area is 157 Å². The van der Waals surface area contributed by atoms with Crippen LogP contribution in [0.2, 0.25) is 5.02 Å². The van der Waals surface area contributed by atoms with Crippen molar-refractivity contribution in [2.75, 3.05) is 0 Å². The van der Waals surface area contributed by atoms with Crippen molar-refractivity contribution in [2.24, 2.45) is 0 Å². The number of aromatic nitrogens is 4. The number of fused-ring (bicyclic) bond motifs is 1. The van der Waals surface area contributed by atoms with Crippen LogP contribution in [0.25, 0.3) is 28.6 Å². The molecule has 0 aliphatic heterocycles. The summed E-state index contributed by atoms with van der Waals surface area (Å²) >= 11 is 9.22. The highest BCUT2D eigenvalue weighted by Crippen LogP contribution is 2.33. The second-order valence-electron chi connectivity index (χ2n) is 5.33. The average molecular weight is 444 g/mol. The Morgan fingerprint density at radius 3 is 2.62 bits per heavy atom. The van der Waals surface area contributed by atoms with Gasteiger partial charge < -0.3 is 8.92 Å². The summed E-state index contributed by atoms with van der Waals surface area (Å²) in [5.41, 5.74) is 0.318. The fourth-order valence-corrected chi connectivity index (χ4v) is 3.15. The van der Waals surface area contributed by atoms with E-state index in [-0.39, 0.29) is 21.9 Å². The van der Waals surface area contributed by atoms with Crippen molar-refractivity contribution in [3.63, 3.8) is 0 Å². The predicted octanol–water partition coefficient (Wildman–Crippen LogP) is 5.49. The lowest BCUT2D eigenvalue weighted by molar-refractivity contribution is -0.137.